The maximum Gasteiger partial charge on any atom is 0.246 e. The van der Waals surface area contributed by atoms with E-state index in [1.54, 1.807) is 0 Å². The highest BCUT2D eigenvalue weighted by Crippen LogP contribution is 2.29. The predicted octanol–water partition coefficient (Wildman–Crippen LogP) is 0.692. The van der Waals surface area contributed by atoms with Crippen molar-refractivity contribution in [1.29, 1.82) is 0 Å². The summed E-state index contributed by atoms with van der Waals surface area (Å²) in [6.45, 7) is -0.137. The smallest absolute Gasteiger partial charge is 0.246 e. The minimum atomic E-state index is -4.12. The summed E-state index contributed by atoms with van der Waals surface area (Å²) in [6.07, 6.45) is 1.09. The average molecular weight is 292 g/mol. The lowest BCUT2D eigenvalue weighted by Gasteiger charge is -2.22. The first kappa shape index (κ1) is 14.2. The van der Waals surface area contributed by atoms with Crippen LogP contribution < -0.4 is 5.73 Å². The number of benzene rings is 1. The summed E-state index contributed by atoms with van der Waals surface area (Å²) in [7, 11) is -4.12. The molecule has 0 amide bonds. The molecule has 2 rings (SSSR count). The number of halogens is 2. The fourth-order valence-electron chi connectivity index (χ4n) is 2.18. The van der Waals surface area contributed by atoms with Crippen LogP contribution in [-0.2, 0) is 10.0 Å². The molecular weight excluding hydrogens is 278 g/mol. The van der Waals surface area contributed by atoms with Crippen molar-refractivity contribution in [1.82, 2.24) is 4.31 Å². The van der Waals surface area contributed by atoms with E-state index >= 15 is 0 Å². The zero-order valence-corrected chi connectivity index (χ0v) is 10.8. The number of rotatable bonds is 3. The van der Waals surface area contributed by atoms with Crippen molar-refractivity contribution in [3.8, 4) is 0 Å². The van der Waals surface area contributed by atoms with Crippen LogP contribution >= 0.6 is 0 Å². The largest absolute Gasteiger partial charge is 0.396 e. The Balaban J connectivity index is 2.48. The van der Waals surface area contributed by atoms with E-state index in [-0.39, 0.29) is 13.2 Å². The highest BCUT2D eigenvalue weighted by atomic mass is 32.2. The number of aliphatic hydroxyl groups excluding tert-OH is 1. The molecule has 8 heteroatoms. The first-order valence-electron chi connectivity index (χ1n) is 5.75. The first-order valence-corrected chi connectivity index (χ1v) is 7.19. The Labute approximate surface area is 109 Å². The fourth-order valence-corrected chi connectivity index (χ4v) is 3.94. The third kappa shape index (κ3) is 2.43. The summed E-state index contributed by atoms with van der Waals surface area (Å²) < 4.78 is 52.3. The molecule has 0 saturated carbocycles. The standard InChI is InChI=1S/C11H14F2N2O3S/c12-8-4-9(13)11(5-10(8)14)19(17,18)15-3-1-2-7(15)6-16/h4-5,7,16H,1-3,6,14H2. The highest BCUT2D eigenvalue weighted by molar-refractivity contribution is 7.89. The molecular formula is C11H14F2N2O3S. The Morgan fingerprint density at radius 2 is 2.05 bits per heavy atom. The Morgan fingerprint density at radius 1 is 1.37 bits per heavy atom. The Kier molecular flexibility index (Phi) is 3.75. The van der Waals surface area contributed by atoms with Gasteiger partial charge in [-0.25, -0.2) is 17.2 Å². The van der Waals surface area contributed by atoms with Gasteiger partial charge < -0.3 is 10.8 Å². The van der Waals surface area contributed by atoms with Gasteiger partial charge in [0, 0.05) is 18.7 Å². The quantitative estimate of drug-likeness (QED) is 0.803. The molecule has 5 nitrogen and oxygen atoms in total. The number of aliphatic hydroxyl groups is 1. The second-order valence-corrected chi connectivity index (χ2v) is 6.26. The molecule has 1 aromatic rings. The molecule has 1 heterocycles. The van der Waals surface area contributed by atoms with Crippen molar-refractivity contribution >= 4 is 15.7 Å². The molecule has 1 aliphatic heterocycles. The molecule has 0 bridgehead atoms. The molecule has 1 fully saturated rings. The van der Waals surface area contributed by atoms with Crippen LogP contribution in [0.3, 0.4) is 0 Å². The second kappa shape index (κ2) is 5.03. The SMILES string of the molecule is Nc1cc(S(=O)(=O)N2CCCC2CO)c(F)cc1F. The van der Waals surface area contributed by atoms with E-state index in [1.807, 2.05) is 0 Å². The van der Waals surface area contributed by atoms with E-state index in [0.29, 0.717) is 18.9 Å². The van der Waals surface area contributed by atoms with Crippen LogP contribution in [0, 0.1) is 11.6 Å². The zero-order valence-electron chi connectivity index (χ0n) is 10.0. The van der Waals surface area contributed by atoms with Crippen molar-refractivity contribution in [2.24, 2.45) is 0 Å². The van der Waals surface area contributed by atoms with Gasteiger partial charge >= 0.3 is 0 Å². The second-order valence-electron chi connectivity index (χ2n) is 4.40. The monoisotopic (exact) mass is 292 g/mol. The van der Waals surface area contributed by atoms with Gasteiger partial charge in [-0.05, 0) is 18.9 Å². The molecule has 0 spiro atoms. The lowest BCUT2D eigenvalue weighted by Crippen LogP contribution is -2.38. The van der Waals surface area contributed by atoms with Gasteiger partial charge in [0.1, 0.15) is 16.5 Å². The van der Waals surface area contributed by atoms with Crippen LogP contribution in [0.1, 0.15) is 12.8 Å². The van der Waals surface area contributed by atoms with Gasteiger partial charge in [-0.15, -0.1) is 0 Å². The van der Waals surface area contributed by atoms with Crippen molar-refractivity contribution in [2.45, 2.75) is 23.8 Å². The van der Waals surface area contributed by atoms with Gasteiger partial charge in [0.2, 0.25) is 10.0 Å². The number of hydrogen-bond acceptors (Lipinski definition) is 4. The number of hydrogen-bond donors (Lipinski definition) is 2. The van der Waals surface area contributed by atoms with E-state index in [1.165, 1.54) is 0 Å². The summed E-state index contributed by atoms with van der Waals surface area (Å²) in [5.41, 5.74) is 4.85. The number of nitrogen functional groups attached to an aromatic ring is 1. The number of anilines is 1. The highest BCUT2D eigenvalue weighted by Gasteiger charge is 2.36. The first-order chi connectivity index (χ1) is 8.87. The molecule has 1 aliphatic rings. The van der Waals surface area contributed by atoms with Crippen LogP contribution in [0.5, 0.6) is 0 Å². The van der Waals surface area contributed by atoms with Gasteiger partial charge in [-0.1, -0.05) is 0 Å². The van der Waals surface area contributed by atoms with E-state index in [2.05, 4.69) is 0 Å². The van der Waals surface area contributed by atoms with Gasteiger partial charge in [0.05, 0.1) is 12.3 Å². The fraction of sp³-hybridized carbons (Fsp3) is 0.455. The van der Waals surface area contributed by atoms with Crippen LogP contribution in [-0.4, -0.2) is 37.0 Å². The van der Waals surface area contributed by atoms with E-state index < -0.39 is 38.3 Å². The summed E-state index contributed by atoms with van der Waals surface area (Å²) in [5, 5.41) is 9.13. The minimum absolute atomic E-state index is 0.199. The van der Waals surface area contributed by atoms with Crippen molar-refractivity contribution in [3.05, 3.63) is 23.8 Å². The molecule has 0 aliphatic carbocycles. The summed E-state index contributed by atoms with van der Waals surface area (Å²) in [4.78, 5) is -0.660. The predicted molar refractivity (Wildman–Crippen MR) is 64.8 cm³/mol. The third-order valence-corrected chi connectivity index (χ3v) is 5.14. The number of nitrogens with two attached hydrogens (primary N) is 1. The maximum absolute atomic E-state index is 13.6. The molecule has 106 valence electrons. The Morgan fingerprint density at radius 3 is 2.68 bits per heavy atom. The molecule has 1 saturated heterocycles. The zero-order chi connectivity index (χ0) is 14.2. The molecule has 1 aromatic carbocycles. The van der Waals surface area contributed by atoms with Crippen LogP contribution in [0.4, 0.5) is 14.5 Å². The summed E-state index contributed by atoms with van der Waals surface area (Å²) >= 11 is 0. The number of nitrogens with zero attached hydrogens (tertiary/aromatic N) is 1. The lowest BCUT2D eigenvalue weighted by atomic mass is 10.2. The minimum Gasteiger partial charge on any atom is -0.396 e. The van der Waals surface area contributed by atoms with Crippen LogP contribution in [0.2, 0.25) is 0 Å². The number of sulfonamides is 1. The Hall–Kier alpha value is -1.25. The lowest BCUT2D eigenvalue weighted by molar-refractivity contribution is 0.213. The molecule has 1 atom stereocenters. The van der Waals surface area contributed by atoms with Crippen molar-refractivity contribution in [2.75, 3.05) is 18.9 Å². The van der Waals surface area contributed by atoms with Crippen molar-refractivity contribution in [3.63, 3.8) is 0 Å². The molecule has 1 unspecified atom stereocenters. The van der Waals surface area contributed by atoms with Gasteiger partial charge in [-0.3, -0.25) is 0 Å². The van der Waals surface area contributed by atoms with Gasteiger partial charge in [-0.2, -0.15) is 4.31 Å². The summed E-state index contributed by atoms with van der Waals surface area (Å²) in [5.74, 6) is -2.19. The van der Waals surface area contributed by atoms with Gasteiger partial charge in [0.15, 0.2) is 0 Å². The van der Waals surface area contributed by atoms with E-state index in [4.69, 9.17) is 10.8 Å². The summed E-state index contributed by atoms with van der Waals surface area (Å²) in [6, 6.07) is 0.648. The average Bonchev–Trinajstić information content (AvgIpc) is 2.82. The topological polar surface area (TPSA) is 83.6 Å². The van der Waals surface area contributed by atoms with E-state index in [9.17, 15) is 17.2 Å². The van der Waals surface area contributed by atoms with Gasteiger partial charge in [0.25, 0.3) is 0 Å². The normalized spacial score (nSPS) is 20.9. The molecule has 0 aromatic heterocycles. The van der Waals surface area contributed by atoms with Crippen LogP contribution in [0.15, 0.2) is 17.0 Å². The third-order valence-electron chi connectivity index (χ3n) is 3.17. The van der Waals surface area contributed by atoms with Crippen molar-refractivity contribution < 1.29 is 22.3 Å². The molecule has 19 heavy (non-hydrogen) atoms. The molecule has 0 radical (unpaired) electrons. The van der Waals surface area contributed by atoms with E-state index in [0.717, 1.165) is 10.4 Å². The molecule has 3 N–H and O–H groups in total. The maximum atomic E-state index is 13.6. The Bertz CT molecular complexity index is 592. The van der Waals surface area contributed by atoms with Crippen LogP contribution in [0.25, 0.3) is 0 Å².